The number of methoxy groups -OCH3 is 1. The SMILES string of the molecule is COc1cc(/C=C(/C#N)C(=O)Nc2ccc(Br)cc2)cc(Cl)c1OCc1cccc2ccccc12. The molecule has 0 fully saturated rings. The van der Waals surface area contributed by atoms with Gasteiger partial charge in [-0.05, 0) is 64.4 Å². The molecule has 0 aromatic heterocycles. The van der Waals surface area contributed by atoms with Crippen LogP contribution in [-0.4, -0.2) is 13.0 Å². The molecule has 0 atom stereocenters. The molecule has 4 aromatic carbocycles. The lowest BCUT2D eigenvalue weighted by molar-refractivity contribution is -0.112. The second-order valence-electron chi connectivity index (χ2n) is 7.59. The minimum absolute atomic E-state index is 0.0736. The highest BCUT2D eigenvalue weighted by molar-refractivity contribution is 9.10. The Morgan fingerprint density at radius 3 is 2.57 bits per heavy atom. The Morgan fingerprint density at radius 1 is 1.09 bits per heavy atom. The van der Waals surface area contributed by atoms with Gasteiger partial charge in [-0.2, -0.15) is 5.26 Å². The van der Waals surface area contributed by atoms with Gasteiger partial charge in [0.2, 0.25) is 0 Å². The highest BCUT2D eigenvalue weighted by atomic mass is 79.9. The molecule has 1 amide bonds. The lowest BCUT2D eigenvalue weighted by Gasteiger charge is -2.14. The fourth-order valence-electron chi connectivity index (χ4n) is 3.58. The molecule has 0 saturated carbocycles. The summed E-state index contributed by atoms with van der Waals surface area (Å²) < 4.78 is 12.4. The van der Waals surface area contributed by atoms with Gasteiger partial charge in [0.25, 0.3) is 5.91 Å². The molecule has 0 spiro atoms. The number of halogens is 2. The molecule has 174 valence electrons. The van der Waals surface area contributed by atoms with Crippen molar-refractivity contribution < 1.29 is 14.3 Å². The van der Waals surface area contributed by atoms with E-state index in [0.717, 1.165) is 20.8 Å². The molecule has 0 aliphatic heterocycles. The Labute approximate surface area is 216 Å². The van der Waals surface area contributed by atoms with Crippen molar-refractivity contribution in [3.05, 3.63) is 105 Å². The third-order valence-corrected chi connectivity index (χ3v) is 6.09. The first-order valence-corrected chi connectivity index (χ1v) is 11.8. The highest BCUT2D eigenvalue weighted by Crippen LogP contribution is 2.38. The number of rotatable bonds is 7. The van der Waals surface area contributed by atoms with Crippen LogP contribution in [0.2, 0.25) is 5.02 Å². The first kappa shape index (κ1) is 24.3. The maximum Gasteiger partial charge on any atom is 0.266 e. The van der Waals surface area contributed by atoms with Gasteiger partial charge in [-0.25, -0.2) is 0 Å². The number of anilines is 1. The number of amides is 1. The van der Waals surface area contributed by atoms with Crippen LogP contribution in [0.3, 0.4) is 0 Å². The molecule has 0 radical (unpaired) electrons. The summed E-state index contributed by atoms with van der Waals surface area (Å²) in [5.74, 6) is 0.257. The van der Waals surface area contributed by atoms with Gasteiger partial charge >= 0.3 is 0 Å². The molecule has 35 heavy (non-hydrogen) atoms. The number of nitrogens with zero attached hydrogens (tertiary/aromatic N) is 1. The van der Waals surface area contributed by atoms with Crippen molar-refractivity contribution in [3.63, 3.8) is 0 Å². The van der Waals surface area contributed by atoms with E-state index in [1.165, 1.54) is 13.2 Å². The summed E-state index contributed by atoms with van der Waals surface area (Å²) in [6.45, 7) is 0.297. The maximum absolute atomic E-state index is 12.6. The Kier molecular flexibility index (Phi) is 7.71. The van der Waals surface area contributed by atoms with Gasteiger partial charge in [-0.15, -0.1) is 0 Å². The first-order chi connectivity index (χ1) is 17.0. The van der Waals surface area contributed by atoms with E-state index in [1.54, 1.807) is 36.4 Å². The van der Waals surface area contributed by atoms with Crippen LogP contribution in [0, 0.1) is 11.3 Å². The summed E-state index contributed by atoms with van der Waals surface area (Å²) in [6, 6.07) is 26.4. The van der Waals surface area contributed by atoms with Crippen molar-refractivity contribution in [3.8, 4) is 17.6 Å². The molecule has 0 bridgehead atoms. The van der Waals surface area contributed by atoms with E-state index in [0.29, 0.717) is 34.4 Å². The Bertz CT molecular complexity index is 1450. The van der Waals surface area contributed by atoms with Crippen molar-refractivity contribution in [1.29, 1.82) is 5.26 Å². The number of hydrogen-bond donors (Lipinski definition) is 1. The zero-order valence-electron chi connectivity index (χ0n) is 18.7. The molecule has 4 aromatic rings. The van der Waals surface area contributed by atoms with Gasteiger partial charge < -0.3 is 14.8 Å². The fraction of sp³-hybridized carbons (Fsp3) is 0.0714. The van der Waals surface area contributed by atoms with Crippen molar-refractivity contribution in [2.75, 3.05) is 12.4 Å². The maximum atomic E-state index is 12.6. The first-order valence-electron chi connectivity index (χ1n) is 10.6. The number of fused-ring (bicyclic) bond motifs is 1. The number of benzene rings is 4. The van der Waals surface area contributed by atoms with Gasteiger partial charge in [0, 0.05) is 10.2 Å². The van der Waals surface area contributed by atoms with Crippen LogP contribution < -0.4 is 14.8 Å². The molecule has 0 aliphatic carbocycles. The average molecular weight is 548 g/mol. The average Bonchev–Trinajstić information content (AvgIpc) is 2.87. The van der Waals surface area contributed by atoms with Gasteiger partial charge in [-0.1, -0.05) is 70.0 Å². The number of nitriles is 1. The zero-order chi connectivity index (χ0) is 24.8. The van der Waals surface area contributed by atoms with E-state index in [2.05, 4.69) is 21.2 Å². The Balaban J connectivity index is 1.56. The topological polar surface area (TPSA) is 71.3 Å². The number of hydrogen-bond acceptors (Lipinski definition) is 4. The molecule has 4 rings (SSSR count). The molecule has 1 N–H and O–H groups in total. The lowest BCUT2D eigenvalue weighted by Crippen LogP contribution is -2.13. The van der Waals surface area contributed by atoms with Crippen molar-refractivity contribution in [1.82, 2.24) is 0 Å². The normalized spacial score (nSPS) is 11.1. The van der Waals surface area contributed by atoms with Crippen LogP contribution in [0.4, 0.5) is 5.69 Å². The van der Waals surface area contributed by atoms with Crippen molar-refractivity contribution in [2.45, 2.75) is 6.61 Å². The summed E-state index contributed by atoms with van der Waals surface area (Å²) in [5, 5.41) is 14.8. The van der Waals surface area contributed by atoms with E-state index in [-0.39, 0.29) is 5.57 Å². The minimum atomic E-state index is -0.527. The van der Waals surface area contributed by atoms with E-state index < -0.39 is 5.91 Å². The number of carbonyl (C=O) groups is 1. The third kappa shape index (κ3) is 5.83. The van der Waals surface area contributed by atoms with Crippen LogP contribution >= 0.6 is 27.5 Å². The molecule has 0 unspecified atom stereocenters. The summed E-state index contributed by atoms with van der Waals surface area (Å²) >= 11 is 9.87. The van der Waals surface area contributed by atoms with Gasteiger partial charge in [0.1, 0.15) is 18.2 Å². The van der Waals surface area contributed by atoms with Gasteiger partial charge in [-0.3, -0.25) is 4.79 Å². The largest absolute Gasteiger partial charge is 0.493 e. The van der Waals surface area contributed by atoms with Crippen molar-refractivity contribution >= 4 is 56.0 Å². The van der Waals surface area contributed by atoms with Gasteiger partial charge in [0.15, 0.2) is 11.5 Å². The number of carbonyl (C=O) groups excluding carboxylic acids is 1. The summed E-state index contributed by atoms with van der Waals surface area (Å²) in [6.07, 6.45) is 1.46. The van der Waals surface area contributed by atoms with Crippen LogP contribution in [0.15, 0.2) is 88.9 Å². The quantitative estimate of drug-likeness (QED) is 0.193. The Morgan fingerprint density at radius 2 is 1.83 bits per heavy atom. The van der Waals surface area contributed by atoms with Crippen molar-refractivity contribution in [2.24, 2.45) is 0 Å². The zero-order valence-corrected chi connectivity index (χ0v) is 21.1. The van der Waals surface area contributed by atoms with Crippen LogP contribution in [0.25, 0.3) is 16.8 Å². The minimum Gasteiger partial charge on any atom is -0.493 e. The molecule has 0 aliphatic rings. The molecule has 7 heteroatoms. The predicted octanol–water partition coefficient (Wildman–Crippen LogP) is 7.39. The monoisotopic (exact) mass is 546 g/mol. The summed E-state index contributed by atoms with van der Waals surface area (Å²) in [5.41, 5.74) is 2.05. The lowest BCUT2D eigenvalue weighted by atomic mass is 10.1. The van der Waals surface area contributed by atoms with Crippen LogP contribution in [-0.2, 0) is 11.4 Å². The van der Waals surface area contributed by atoms with E-state index in [1.807, 2.05) is 48.5 Å². The fourth-order valence-corrected chi connectivity index (χ4v) is 4.12. The Hall–Kier alpha value is -3.79. The predicted molar refractivity (Wildman–Crippen MR) is 143 cm³/mol. The van der Waals surface area contributed by atoms with E-state index in [9.17, 15) is 10.1 Å². The third-order valence-electron chi connectivity index (χ3n) is 5.28. The summed E-state index contributed by atoms with van der Waals surface area (Å²) in [7, 11) is 1.51. The van der Waals surface area contributed by atoms with Crippen LogP contribution in [0.5, 0.6) is 11.5 Å². The van der Waals surface area contributed by atoms with Gasteiger partial charge in [0.05, 0.1) is 12.1 Å². The molecular weight excluding hydrogens is 528 g/mol. The van der Waals surface area contributed by atoms with Crippen LogP contribution in [0.1, 0.15) is 11.1 Å². The second-order valence-corrected chi connectivity index (χ2v) is 8.91. The van der Waals surface area contributed by atoms with E-state index in [4.69, 9.17) is 21.1 Å². The smallest absolute Gasteiger partial charge is 0.266 e. The second kappa shape index (κ2) is 11.1. The molecule has 5 nitrogen and oxygen atoms in total. The highest BCUT2D eigenvalue weighted by Gasteiger charge is 2.15. The number of nitrogens with one attached hydrogen (secondary N) is 1. The summed E-state index contributed by atoms with van der Waals surface area (Å²) in [4.78, 5) is 12.6. The molecule has 0 saturated heterocycles. The molecule has 0 heterocycles. The van der Waals surface area contributed by atoms with E-state index >= 15 is 0 Å². The number of ether oxygens (including phenoxy) is 2. The standard InChI is InChI=1S/C28H20BrClN2O3/c1-34-26-15-18(13-21(16-31)28(33)32-23-11-9-22(29)10-12-23)14-25(30)27(26)35-17-20-7-4-6-19-5-2-3-8-24(19)20/h2-15H,17H2,1H3,(H,32,33)/b21-13-. The molecular formula is C28H20BrClN2O3.